The van der Waals surface area contributed by atoms with Crippen molar-refractivity contribution in [2.45, 2.75) is 41.0 Å². The van der Waals surface area contributed by atoms with Gasteiger partial charge in [-0.2, -0.15) is 0 Å². The molecule has 0 unspecified atom stereocenters. The summed E-state index contributed by atoms with van der Waals surface area (Å²) in [6.07, 6.45) is 0. The number of halogens is 1. The Balaban J connectivity index is 2.62. The van der Waals surface area contributed by atoms with Gasteiger partial charge in [-0.15, -0.1) is 0 Å². The summed E-state index contributed by atoms with van der Waals surface area (Å²) in [5.41, 5.74) is 1.72. The molecule has 0 atom stereocenters. The van der Waals surface area contributed by atoms with Crippen molar-refractivity contribution in [1.29, 1.82) is 0 Å². The van der Waals surface area contributed by atoms with Crippen molar-refractivity contribution in [3.05, 3.63) is 36.0 Å². The van der Waals surface area contributed by atoms with Gasteiger partial charge in [0.05, 0.1) is 0 Å². The fourth-order valence-electron chi connectivity index (χ4n) is 1.95. The fraction of sp³-hybridized carbons (Fsp3) is 0.438. The van der Waals surface area contributed by atoms with E-state index in [1.807, 2.05) is 0 Å². The summed E-state index contributed by atoms with van der Waals surface area (Å²) < 4.78 is 20.3. The number of aromatic nitrogens is 1. The number of benzene rings is 1. The molecule has 0 N–H and O–H groups in total. The monoisotopic (exact) mass is 383 g/mol. The Labute approximate surface area is 124 Å². The molecule has 108 valence electrons. The van der Waals surface area contributed by atoms with Gasteiger partial charge in [0, 0.05) is 0 Å². The third-order valence-electron chi connectivity index (χ3n) is 3.07. The molecule has 4 heteroatoms. The molecule has 2 aromatic rings. The van der Waals surface area contributed by atoms with Gasteiger partial charge in [-0.1, -0.05) is 0 Å². The number of hydrogen-bond acceptors (Lipinski definition) is 2. The van der Waals surface area contributed by atoms with Gasteiger partial charge in [-0.3, -0.25) is 0 Å². The summed E-state index contributed by atoms with van der Waals surface area (Å²) in [5.74, 6) is 0.535. The van der Waals surface area contributed by atoms with E-state index in [9.17, 15) is 4.39 Å². The van der Waals surface area contributed by atoms with E-state index in [2.05, 4.69) is 35.6 Å². The van der Waals surface area contributed by atoms with Crippen molar-refractivity contribution >= 4 is 22.2 Å². The van der Waals surface area contributed by atoms with Crippen molar-refractivity contribution in [3.63, 3.8) is 0 Å². The molecular weight excluding hydrogens is 360 g/mol. The molecule has 1 heterocycles. The molecule has 0 radical (unpaired) electrons. The third kappa shape index (κ3) is 3.24. The summed E-state index contributed by atoms with van der Waals surface area (Å²) in [6, 6.07) is 6.51. The van der Waals surface area contributed by atoms with Gasteiger partial charge in [0.1, 0.15) is 0 Å². The number of rotatable bonds is 2. The minimum atomic E-state index is -2.42. The first-order valence-corrected chi connectivity index (χ1v) is 16.9. The molecule has 20 heavy (non-hydrogen) atoms. The van der Waals surface area contributed by atoms with Crippen molar-refractivity contribution in [2.75, 3.05) is 0 Å². The molecule has 0 aliphatic rings. The van der Waals surface area contributed by atoms with E-state index < -0.39 is 18.4 Å². The molecule has 0 bridgehead atoms. The van der Waals surface area contributed by atoms with Crippen LogP contribution in [0, 0.1) is 5.82 Å². The molecule has 0 aliphatic heterocycles. The summed E-state index contributed by atoms with van der Waals surface area (Å²) in [7, 11) is 0. The van der Waals surface area contributed by atoms with E-state index in [1.54, 1.807) is 12.1 Å². The van der Waals surface area contributed by atoms with Crippen LogP contribution in [0.1, 0.15) is 26.7 Å². The van der Waals surface area contributed by atoms with E-state index in [4.69, 9.17) is 9.40 Å². The summed E-state index contributed by atoms with van der Waals surface area (Å²) in [4.78, 5) is 11.6. The zero-order valence-electron chi connectivity index (χ0n) is 13.0. The second-order valence-electron chi connectivity index (χ2n) is 7.20. The molecule has 0 amide bonds. The van der Waals surface area contributed by atoms with Crippen LogP contribution >= 0.6 is 0 Å². The molecule has 0 saturated carbocycles. The molecule has 1 aromatic heterocycles. The molecule has 1 aromatic carbocycles. The van der Waals surface area contributed by atoms with Gasteiger partial charge in [0.2, 0.25) is 0 Å². The Morgan fingerprint density at radius 2 is 1.60 bits per heavy atom. The summed E-state index contributed by atoms with van der Waals surface area (Å²) in [5, 5.41) is 0. The SMILES string of the molecule is CC(C)(C)c1nc(-c2ccc(F)cc2)[c]([Sn]([CH3])([CH3])[CH3])o1. The first-order chi connectivity index (χ1) is 9.09. The predicted molar refractivity (Wildman–Crippen MR) is 83.6 cm³/mol. The van der Waals surface area contributed by atoms with E-state index in [0.717, 1.165) is 20.9 Å². The Morgan fingerprint density at radius 3 is 2.05 bits per heavy atom. The van der Waals surface area contributed by atoms with Gasteiger partial charge in [0.15, 0.2) is 0 Å². The molecule has 0 fully saturated rings. The van der Waals surface area contributed by atoms with E-state index in [-0.39, 0.29) is 11.2 Å². The second-order valence-corrected chi connectivity index (χ2v) is 21.3. The Morgan fingerprint density at radius 1 is 1.05 bits per heavy atom. The Bertz CT molecular complexity index is 603. The molecule has 0 saturated heterocycles. The van der Waals surface area contributed by atoms with Crippen molar-refractivity contribution in [3.8, 4) is 11.3 Å². The number of oxazole rings is 1. The standard InChI is InChI=1S/C13H13FNO.3CH3.Sn/c1-13(2,3)12-15-11(8-16-12)9-4-6-10(14)7-5-9;;;;/h4-7H,1-3H3;3*1H3;. The summed E-state index contributed by atoms with van der Waals surface area (Å²) in [6.45, 7) is 6.28. The molecular formula is C16H22FNOSn. The average Bonchev–Trinajstić information content (AvgIpc) is 2.74. The minimum absolute atomic E-state index is 0.121. The Kier molecular flexibility index (Phi) is 4.02. The Hall–Kier alpha value is -0.841. The average molecular weight is 382 g/mol. The van der Waals surface area contributed by atoms with E-state index in [1.165, 1.54) is 12.1 Å². The first kappa shape index (κ1) is 15.5. The maximum atomic E-state index is 13.1. The van der Waals surface area contributed by atoms with Crippen LogP contribution in [0.15, 0.2) is 28.7 Å². The maximum absolute atomic E-state index is 13.1. The van der Waals surface area contributed by atoms with Gasteiger partial charge in [0.25, 0.3) is 0 Å². The van der Waals surface area contributed by atoms with Gasteiger partial charge in [-0.25, -0.2) is 0 Å². The summed E-state index contributed by atoms with van der Waals surface area (Å²) >= 11 is -2.42. The zero-order valence-corrected chi connectivity index (χ0v) is 15.9. The first-order valence-electron chi connectivity index (χ1n) is 6.87. The topological polar surface area (TPSA) is 26.0 Å². The van der Waals surface area contributed by atoms with Crippen LogP contribution in [-0.4, -0.2) is 23.4 Å². The van der Waals surface area contributed by atoms with Gasteiger partial charge >= 0.3 is 124 Å². The van der Waals surface area contributed by atoms with Crippen LogP contribution in [-0.2, 0) is 5.41 Å². The van der Waals surface area contributed by atoms with Gasteiger partial charge < -0.3 is 0 Å². The van der Waals surface area contributed by atoms with Crippen LogP contribution in [0.4, 0.5) is 4.39 Å². The molecule has 2 nitrogen and oxygen atoms in total. The molecule has 0 spiro atoms. The number of nitrogens with zero attached hydrogens (tertiary/aromatic N) is 1. The van der Waals surface area contributed by atoms with E-state index >= 15 is 0 Å². The fourth-order valence-corrected chi connectivity index (χ4v) is 5.70. The third-order valence-corrected chi connectivity index (χ3v) is 7.92. The van der Waals surface area contributed by atoms with E-state index in [0.29, 0.717) is 0 Å². The van der Waals surface area contributed by atoms with Crippen molar-refractivity contribution in [2.24, 2.45) is 0 Å². The van der Waals surface area contributed by atoms with Crippen molar-refractivity contribution in [1.82, 2.24) is 4.98 Å². The normalized spacial score (nSPS) is 12.8. The van der Waals surface area contributed by atoms with Crippen LogP contribution in [0.5, 0.6) is 0 Å². The van der Waals surface area contributed by atoms with Crippen LogP contribution in [0.25, 0.3) is 11.3 Å². The van der Waals surface area contributed by atoms with Crippen LogP contribution in [0.2, 0.25) is 14.8 Å². The molecule has 2 rings (SSSR count). The molecule has 0 aliphatic carbocycles. The second kappa shape index (κ2) is 5.17. The number of hydrogen-bond donors (Lipinski definition) is 0. The van der Waals surface area contributed by atoms with Crippen molar-refractivity contribution < 1.29 is 8.81 Å². The predicted octanol–water partition coefficient (Wildman–Crippen LogP) is 4.32. The quantitative estimate of drug-likeness (QED) is 0.724. The van der Waals surface area contributed by atoms with Gasteiger partial charge in [-0.05, 0) is 0 Å². The zero-order chi connectivity index (χ0) is 15.1. The van der Waals surface area contributed by atoms with Crippen LogP contribution in [0.3, 0.4) is 0 Å². The van der Waals surface area contributed by atoms with Crippen LogP contribution < -0.4 is 3.78 Å².